The third kappa shape index (κ3) is 3.24. The van der Waals surface area contributed by atoms with E-state index in [1.165, 1.54) is 0 Å². The Morgan fingerprint density at radius 3 is 2.62 bits per heavy atom. The average molecular weight is 281 g/mol. The highest BCUT2D eigenvalue weighted by Crippen LogP contribution is 2.23. The molecular weight excluding hydrogens is 264 g/mol. The van der Waals surface area contributed by atoms with Gasteiger partial charge in [0.1, 0.15) is 6.07 Å². The van der Waals surface area contributed by atoms with E-state index in [9.17, 15) is 0 Å². The molecule has 0 amide bonds. The second-order valence-corrected chi connectivity index (χ2v) is 5.12. The predicted octanol–water partition coefficient (Wildman–Crippen LogP) is 4.17. The molecule has 0 heterocycles. The van der Waals surface area contributed by atoms with Crippen LogP contribution < -0.4 is 5.32 Å². The van der Waals surface area contributed by atoms with Crippen LogP contribution in [0.3, 0.4) is 0 Å². The molecule has 1 atom stereocenters. The van der Waals surface area contributed by atoms with Gasteiger partial charge in [-0.15, -0.1) is 0 Å². The number of nitrogens with one attached hydrogen (secondary N) is 1. The van der Waals surface area contributed by atoms with E-state index in [1.807, 2.05) is 18.2 Å². The Morgan fingerprint density at radius 2 is 2.12 bits per heavy atom. The smallest absolute Gasteiger partial charge is 0.101 e. The number of nitriles is 1. The normalized spacial score (nSPS) is 12.2. The van der Waals surface area contributed by atoms with Crippen molar-refractivity contribution in [3.8, 4) is 6.07 Å². The van der Waals surface area contributed by atoms with Gasteiger partial charge >= 0.3 is 0 Å². The Kier molecular flexibility index (Phi) is 4.82. The van der Waals surface area contributed by atoms with Gasteiger partial charge in [-0.3, -0.25) is 0 Å². The van der Waals surface area contributed by atoms with Crippen LogP contribution in [0.1, 0.15) is 32.8 Å². The minimum atomic E-state index is 0.404. The topological polar surface area (TPSA) is 35.8 Å². The Balaban J connectivity index is 2.95. The van der Waals surface area contributed by atoms with Crippen molar-refractivity contribution in [2.75, 3.05) is 5.32 Å². The molecule has 3 heteroatoms. The van der Waals surface area contributed by atoms with Crippen LogP contribution in [0, 0.1) is 17.2 Å². The number of hydrogen-bond acceptors (Lipinski definition) is 2. The van der Waals surface area contributed by atoms with Crippen LogP contribution in [-0.4, -0.2) is 6.04 Å². The van der Waals surface area contributed by atoms with Crippen molar-refractivity contribution in [3.05, 3.63) is 28.2 Å². The minimum Gasteiger partial charge on any atom is -0.381 e. The number of hydrogen-bond donors (Lipinski definition) is 1. The van der Waals surface area contributed by atoms with Crippen LogP contribution >= 0.6 is 15.9 Å². The van der Waals surface area contributed by atoms with Crippen LogP contribution in [0.5, 0.6) is 0 Å². The van der Waals surface area contributed by atoms with Gasteiger partial charge in [-0.1, -0.05) is 36.7 Å². The molecule has 0 bridgehead atoms. The monoisotopic (exact) mass is 280 g/mol. The molecule has 1 aromatic rings. The lowest BCUT2D eigenvalue weighted by molar-refractivity contribution is 0.511. The van der Waals surface area contributed by atoms with E-state index in [2.05, 4.69) is 48.1 Å². The summed E-state index contributed by atoms with van der Waals surface area (Å²) in [6.07, 6.45) is 1.05. The number of rotatable bonds is 4. The van der Waals surface area contributed by atoms with Crippen molar-refractivity contribution in [2.45, 2.75) is 33.2 Å². The molecule has 1 aromatic carbocycles. The summed E-state index contributed by atoms with van der Waals surface area (Å²) in [5.41, 5.74) is 1.61. The molecule has 1 rings (SSSR count). The first kappa shape index (κ1) is 13.1. The van der Waals surface area contributed by atoms with E-state index in [4.69, 9.17) is 5.26 Å². The zero-order valence-corrected chi connectivity index (χ0v) is 11.5. The Morgan fingerprint density at radius 1 is 1.44 bits per heavy atom. The van der Waals surface area contributed by atoms with E-state index in [0.717, 1.165) is 16.6 Å². The summed E-state index contributed by atoms with van der Waals surface area (Å²) >= 11 is 3.42. The highest BCUT2D eigenvalue weighted by atomic mass is 79.9. The maximum Gasteiger partial charge on any atom is 0.101 e. The summed E-state index contributed by atoms with van der Waals surface area (Å²) in [7, 11) is 0. The number of halogens is 1. The second-order valence-electron chi connectivity index (χ2n) is 4.20. The van der Waals surface area contributed by atoms with E-state index in [-0.39, 0.29) is 0 Å². The van der Waals surface area contributed by atoms with Crippen molar-refractivity contribution in [3.63, 3.8) is 0 Å². The van der Waals surface area contributed by atoms with E-state index >= 15 is 0 Å². The second kappa shape index (κ2) is 5.91. The molecular formula is C13H17BrN2. The van der Waals surface area contributed by atoms with Gasteiger partial charge in [0.2, 0.25) is 0 Å². The van der Waals surface area contributed by atoms with Gasteiger partial charge in [0.25, 0.3) is 0 Å². The Bertz CT molecular complexity index is 393. The lowest BCUT2D eigenvalue weighted by atomic mass is 10.0. The molecule has 0 aromatic heterocycles. The molecule has 0 fully saturated rings. The van der Waals surface area contributed by atoms with Crippen molar-refractivity contribution < 1.29 is 0 Å². The first-order valence-electron chi connectivity index (χ1n) is 5.54. The van der Waals surface area contributed by atoms with Gasteiger partial charge < -0.3 is 5.32 Å². The number of benzene rings is 1. The summed E-state index contributed by atoms with van der Waals surface area (Å²) in [4.78, 5) is 0. The van der Waals surface area contributed by atoms with E-state index < -0.39 is 0 Å². The summed E-state index contributed by atoms with van der Waals surface area (Å²) in [6, 6.07) is 8.30. The average Bonchev–Trinajstić information content (AvgIpc) is 2.25. The van der Waals surface area contributed by atoms with E-state index in [1.54, 1.807) is 0 Å². The van der Waals surface area contributed by atoms with Crippen molar-refractivity contribution in [1.82, 2.24) is 0 Å². The molecule has 1 unspecified atom stereocenters. The van der Waals surface area contributed by atoms with Gasteiger partial charge in [-0.05, 0) is 30.5 Å². The molecule has 1 N–H and O–H groups in total. The van der Waals surface area contributed by atoms with Crippen LogP contribution in [0.4, 0.5) is 5.69 Å². The molecule has 0 aliphatic heterocycles. The van der Waals surface area contributed by atoms with Crippen LogP contribution in [-0.2, 0) is 0 Å². The summed E-state index contributed by atoms with van der Waals surface area (Å²) < 4.78 is 0.993. The first-order chi connectivity index (χ1) is 7.58. The van der Waals surface area contributed by atoms with Crippen LogP contribution in [0.2, 0.25) is 0 Å². The lowest BCUT2D eigenvalue weighted by Crippen LogP contribution is -2.25. The van der Waals surface area contributed by atoms with Gasteiger partial charge in [-0.25, -0.2) is 0 Å². The highest BCUT2D eigenvalue weighted by molar-refractivity contribution is 9.10. The van der Waals surface area contributed by atoms with Crippen LogP contribution in [0.25, 0.3) is 0 Å². The van der Waals surface area contributed by atoms with E-state index in [0.29, 0.717) is 17.5 Å². The number of nitrogens with zero attached hydrogens (tertiary/aromatic N) is 1. The fraction of sp³-hybridized carbons (Fsp3) is 0.462. The summed E-state index contributed by atoms with van der Waals surface area (Å²) in [5, 5.41) is 12.5. The zero-order valence-electron chi connectivity index (χ0n) is 9.92. The van der Waals surface area contributed by atoms with Gasteiger partial charge in [0, 0.05) is 10.5 Å². The zero-order chi connectivity index (χ0) is 12.1. The Hall–Kier alpha value is -1.01. The van der Waals surface area contributed by atoms with Gasteiger partial charge in [0.15, 0.2) is 0 Å². The molecule has 2 nitrogen and oxygen atoms in total. The molecule has 0 radical (unpaired) electrons. The molecule has 0 spiro atoms. The molecule has 86 valence electrons. The Labute approximate surface area is 106 Å². The van der Waals surface area contributed by atoms with Crippen molar-refractivity contribution in [1.29, 1.82) is 5.26 Å². The third-order valence-corrected chi connectivity index (χ3v) is 3.18. The van der Waals surface area contributed by atoms with Crippen molar-refractivity contribution >= 4 is 21.6 Å². The quantitative estimate of drug-likeness (QED) is 0.899. The fourth-order valence-corrected chi connectivity index (χ4v) is 2.03. The first-order valence-corrected chi connectivity index (χ1v) is 6.34. The number of anilines is 1. The molecule has 16 heavy (non-hydrogen) atoms. The third-order valence-electron chi connectivity index (χ3n) is 2.69. The predicted molar refractivity (Wildman–Crippen MR) is 71.4 cm³/mol. The van der Waals surface area contributed by atoms with Crippen molar-refractivity contribution in [2.24, 2.45) is 5.92 Å². The van der Waals surface area contributed by atoms with Gasteiger partial charge in [-0.2, -0.15) is 5.26 Å². The lowest BCUT2D eigenvalue weighted by Gasteiger charge is -2.22. The fourth-order valence-electron chi connectivity index (χ4n) is 1.67. The van der Waals surface area contributed by atoms with Gasteiger partial charge in [0.05, 0.1) is 11.3 Å². The summed E-state index contributed by atoms with van der Waals surface area (Å²) in [6.45, 7) is 6.53. The molecule has 0 saturated carbocycles. The maximum atomic E-state index is 9.03. The van der Waals surface area contributed by atoms with Crippen LogP contribution in [0.15, 0.2) is 22.7 Å². The molecule has 0 saturated heterocycles. The highest BCUT2D eigenvalue weighted by Gasteiger charge is 2.12. The molecule has 0 aliphatic rings. The summed E-state index contributed by atoms with van der Waals surface area (Å²) in [5.74, 6) is 0.551. The minimum absolute atomic E-state index is 0.404. The SMILES string of the molecule is CCC(Nc1cc(Br)ccc1C#N)C(C)C. The standard InChI is InChI=1S/C13H17BrN2/c1-4-12(9(2)3)16-13-7-11(14)6-5-10(13)8-15/h5-7,9,12,16H,4H2,1-3H3. The molecule has 0 aliphatic carbocycles. The maximum absolute atomic E-state index is 9.03. The largest absolute Gasteiger partial charge is 0.381 e.